The van der Waals surface area contributed by atoms with Crippen LogP contribution in [0.2, 0.25) is 0 Å². The van der Waals surface area contributed by atoms with Gasteiger partial charge in [-0.1, -0.05) is 37.3 Å². The Morgan fingerprint density at radius 2 is 1.76 bits per heavy atom. The van der Waals surface area contributed by atoms with Crippen LogP contribution in [0.5, 0.6) is 0 Å². The van der Waals surface area contributed by atoms with Crippen LogP contribution in [0.3, 0.4) is 0 Å². The van der Waals surface area contributed by atoms with Crippen molar-refractivity contribution < 1.29 is 18.8 Å². The number of aromatic nitrogens is 4. The number of halogens is 1. The van der Waals surface area contributed by atoms with E-state index in [1.807, 2.05) is 56.3 Å². The van der Waals surface area contributed by atoms with Crippen molar-refractivity contribution in [3.8, 4) is 11.1 Å². The summed E-state index contributed by atoms with van der Waals surface area (Å²) in [6, 6.07) is 12.2. The zero-order chi connectivity index (χ0) is 32.0. The standard InChI is InChI=1S/C35H37FN6O3/c1-20-13-25(26-16-37-23(4)38-17-26)14-27-32(22(3)43)40-41(33(20)27)19-31(44)42-29(15-35(5)12-11-30(35)42)34(45)39-18-28(36)21(2)24-9-7-6-8-10-24/h6-10,13-14,16-17,29-30H,11-12,15,18-19H2,1-5H3,(H,39,45)/b28-21+/t29-,30+,35+/m0/s1. The van der Waals surface area contributed by atoms with Gasteiger partial charge in [-0.2, -0.15) is 5.10 Å². The van der Waals surface area contributed by atoms with Crippen molar-refractivity contribution in [2.24, 2.45) is 5.41 Å². The first kappa shape index (κ1) is 30.3. The van der Waals surface area contributed by atoms with E-state index in [0.717, 1.165) is 35.1 Å². The minimum absolute atomic E-state index is 0.0875. The van der Waals surface area contributed by atoms with Crippen LogP contribution in [0.15, 0.2) is 60.7 Å². The number of nitrogens with zero attached hydrogens (tertiary/aromatic N) is 5. The Hall–Kier alpha value is -4.73. The molecule has 2 amide bonds. The van der Waals surface area contributed by atoms with Crippen molar-refractivity contribution in [1.29, 1.82) is 0 Å². The molecular weight excluding hydrogens is 571 g/mol. The van der Waals surface area contributed by atoms with Crippen LogP contribution >= 0.6 is 0 Å². The third-order valence-electron chi connectivity index (χ3n) is 9.51. The normalized spacial score (nSPS) is 21.2. The molecule has 9 nitrogen and oxygen atoms in total. The number of rotatable bonds is 8. The van der Waals surface area contributed by atoms with E-state index < -0.39 is 11.9 Å². The summed E-state index contributed by atoms with van der Waals surface area (Å²) in [5.74, 6) is -0.603. The second kappa shape index (κ2) is 11.6. The highest BCUT2D eigenvalue weighted by molar-refractivity contribution is 6.07. The second-order valence-corrected chi connectivity index (χ2v) is 12.6. The highest BCUT2D eigenvalue weighted by atomic mass is 19.1. The van der Waals surface area contributed by atoms with Gasteiger partial charge >= 0.3 is 0 Å². The summed E-state index contributed by atoms with van der Waals surface area (Å²) >= 11 is 0. The first-order valence-electron chi connectivity index (χ1n) is 15.3. The molecule has 0 unspecified atom stereocenters. The topological polar surface area (TPSA) is 110 Å². The molecule has 10 heteroatoms. The third kappa shape index (κ3) is 5.54. The Balaban J connectivity index is 1.27. The van der Waals surface area contributed by atoms with Gasteiger partial charge in [0.05, 0.1) is 12.1 Å². The van der Waals surface area contributed by atoms with E-state index in [-0.39, 0.29) is 47.8 Å². The lowest BCUT2D eigenvalue weighted by atomic mass is 9.66. The molecule has 1 saturated carbocycles. The van der Waals surface area contributed by atoms with Crippen LogP contribution in [0.25, 0.3) is 27.6 Å². The molecule has 1 aliphatic carbocycles. The van der Waals surface area contributed by atoms with Gasteiger partial charge in [-0.15, -0.1) is 0 Å². The average molecular weight is 609 g/mol. The summed E-state index contributed by atoms with van der Waals surface area (Å²) in [5.41, 5.74) is 4.49. The highest BCUT2D eigenvalue weighted by Crippen LogP contribution is 2.54. The van der Waals surface area contributed by atoms with Gasteiger partial charge in [-0.3, -0.25) is 19.1 Å². The number of ketones is 1. The molecular formula is C35H37FN6O3. The molecule has 1 aliphatic heterocycles. The number of nitrogens with one attached hydrogen (secondary N) is 1. The summed E-state index contributed by atoms with van der Waals surface area (Å²) in [5, 5.41) is 7.99. The van der Waals surface area contributed by atoms with Crippen molar-refractivity contribution in [3.63, 3.8) is 0 Å². The fourth-order valence-corrected chi connectivity index (χ4v) is 6.88. The quantitative estimate of drug-likeness (QED) is 0.261. The molecule has 2 fully saturated rings. The number of carbonyl (C=O) groups is 3. The molecule has 0 radical (unpaired) electrons. The van der Waals surface area contributed by atoms with Crippen LogP contribution in [0.4, 0.5) is 4.39 Å². The third-order valence-corrected chi connectivity index (χ3v) is 9.51. The Kier molecular flexibility index (Phi) is 7.84. The molecule has 2 aliphatic rings. The summed E-state index contributed by atoms with van der Waals surface area (Å²) in [4.78, 5) is 50.5. The molecule has 2 aromatic heterocycles. The van der Waals surface area contributed by atoms with Gasteiger partial charge in [0.2, 0.25) is 11.8 Å². The molecule has 4 aromatic rings. The summed E-state index contributed by atoms with van der Waals surface area (Å²) in [6.45, 7) is 8.60. The first-order valence-corrected chi connectivity index (χ1v) is 15.3. The van der Waals surface area contributed by atoms with Gasteiger partial charge in [0, 0.05) is 36.3 Å². The second-order valence-electron chi connectivity index (χ2n) is 12.6. The number of fused-ring (bicyclic) bond motifs is 2. The monoisotopic (exact) mass is 608 g/mol. The van der Waals surface area contributed by atoms with E-state index in [1.165, 1.54) is 6.92 Å². The summed E-state index contributed by atoms with van der Waals surface area (Å²) in [7, 11) is 0. The lowest BCUT2D eigenvalue weighted by molar-refractivity contribution is -0.143. The summed E-state index contributed by atoms with van der Waals surface area (Å²) in [6.07, 6.45) is 5.70. The highest BCUT2D eigenvalue weighted by Gasteiger charge is 2.58. The molecule has 45 heavy (non-hydrogen) atoms. The van der Waals surface area contributed by atoms with Crippen molar-refractivity contribution in [3.05, 3.63) is 83.3 Å². The molecule has 0 spiro atoms. The van der Waals surface area contributed by atoms with Crippen LogP contribution in [0, 0.1) is 19.3 Å². The average Bonchev–Trinajstić information content (AvgIpc) is 3.48. The Morgan fingerprint density at radius 1 is 1.04 bits per heavy atom. The van der Waals surface area contributed by atoms with Crippen molar-refractivity contribution in [2.45, 2.75) is 72.5 Å². The number of aryl methyl sites for hydroxylation is 2. The van der Waals surface area contributed by atoms with E-state index in [1.54, 1.807) is 28.9 Å². The number of hydrogen-bond acceptors (Lipinski definition) is 6. The number of amides is 2. The number of hydrogen-bond donors (Lipinski definition) is 1. The van der Waals surface area contributed by atoms with Gasteiger partial charge in [-0.25, -0.2) is 14.4 Å². The maximum Gasteiger partial charge on any atom is 0.245 e. The number of carbonyl (C=O) groups excluding carboxylic acids is 3. The SMILES string of the molecule is CC(=O)c1nn(CC(=O)N2[C@H](C(=O)NC/C(F)=C(/C)c3ccccc3)C[C@@]3(C)CC[C@@H]23)c2c(C)cc(-c3cnc(C)nc3)cc12. The molecule has 6 rings (SSSR count). The lowest BCUT2D eigenvalue weighted by Crippen LogP contribution is -2.53. The first-order chi connectivity index (χ1) is 21.5. The molecule has 3 heterocycles. The van der Waals surface area contributed by atoms with Crippen molar-refractivity contribution >= 4 is 34.1 Å². The van der Waals surface area contributed by atoms with E-state index in [0.29, 0.717) is 28.7 Å². The van der Waals surface area contributed by atoms with Gasteiger partial charge in [0.15, 0.2) is 5.78 Å². The van der Waals surface area contributed by atoms with Crippen LogP contribution in [-0.2, 0) is 16.1 Å². The van der Waals surface area contributed by atoms with Crippen molar-refractivity contribution in [2.75, 3.05) is 6.54 Å². The number of Topliss-reactive ketones (excluding diaryl/α,β-unsaturated/α-hetero) is 1. The van der Waals surface area contributed by atoms with Crippen molar-refractivity contribution in [1.82, 2.24) is 30.0 Å². The Bertz CT molecular complexity index is 1850. The minimum Gasteiger partial charge on any atom is -0.348 e. The van der Waals surface area contributed by atoms with Gasteiger partial charge < -0.3 is 10.2 Å². The zero-order valence-corrected chi connectivity index (χ0v) is 26.2. The molecule has 1 saturated heterocycles. The van der Waals surface area contributed by atoms with Crippen LogP contribution in [0.1, 0.15) is 67.5 Å². The molecule has 3 atom stereocenters. The Morgan fingerprint density at radius 3 is 2.40 bits per heavy atom. The molecule has 2 aromatic carbocycles. The maximum atomic E-state index is 15.1. The van der Waals surface area contributed by atoms with Gasteiger partial charge in [0.25, 0.3) is 0 Å². The largest absolute Gasteiger partial charge is 0.348 e. The van der Waals surface area contributed by atoms with Crippen LogP contribution in [-0.4, -0.2) is 60.9 Å². The fourth-order valence-electron chi connectivity index (χ4n) is 6.88. The predicted octanol–water partition coefficient (Wildman–Crippen LogP) is 5.60. The smallest absolute Gasteiger partial charge is 0.245 e. The van der Waals surface area contributed by atoms with E-state index >= 15 is 4.39 Å². The molecule has 1 N–H and O–H groups in total. The van der Waals surface area contributed by atoms with Crippen LogP contribution < -0.4 is 5.32 Å². The Labute approximate surface area is 261 Å². The minimum atomic E-state index is -0.719. The van der Waals surface area contributed by atoms with E-state index in [2.05, 4.69) is 27.3 Å². The molecule has 232 valence electrons. The van der Waals surface area contributed by atoms with E-state index in [4.69, 9.17) is 0 Å². The maximum absolute atomic E-state index is 15.1. The van der Waals surface area contributed by atoms with E-state index in [9.17, 15) is 14.4 Å². The lowest BCUT2D eigenvalue weighted by Gasteiger charge is -2.44. The molecule has 0 bridgehead atoms. The number of benzene rings is 2. The van der Waals surface area contributed by atoms with Gasteiger partial charge in [-0.05, 0) is 79.8 Å². The summed E-state index contributed by atoms with van der Waals surface area (Å²) < 4.78 is 16.6. The van der Waals surface area contributed by atoms with Gasteiger partial charge in [0.1, 0.15) is 29.9 Å². The number of likely N-dealkylation sites (tertiary alicyclic amines) is 1. The number of allylic oxidation sites excluding steroid dienone is 1. The predicted molar refractivity (Wildman–Crippen MR) is 170 cm³/mol. The fraction of sp³-hybridized carbons (Fsp3) is 0.371. The zero-order valence-electron chi connectivity index (χ0n) is 26.2.